The van der Waals surface area contributed by atoms with Gasteiger partial charge in [0.05, 0.1) is 0 Å². The number of fused-ring (bicyclic) bond motifs is 1. The number of carbonyl (C=O) groups is 1. The fraction of sp³-hybridized carbons (Fsp3) is 0.0870. The Kier molecular flexibility index (Phi) is 3.98. The molecule has 0 radical (unpaired) electrons. The first-order valence-electron chi connectivity index (χ1n) is 9.17. The van der Waals surface area contributed by atoms with Gasteiger partial charge >= 0.3 is 0 Å². The zero-order chi connectivity index (χ0) is 18.9. The van der Waals surface area contributed by atoms with Crippen molar-refractivity contribution in [3.63, 3.8) is 0 Å². The third-order valence-corrected chi connectivity index (χ3v) is 5.02. The normalized spacial score (nSPS) is 12.8. The summed E-state index contributed by atoms with van der Waals surface area (Å²) in [6.07, 6.45) is 4.39. The van der Waals surface area contributed by atoms with E-state index in [1.165, 1.54) is 0 Å². The molecule has 0 unspecified atom stereocenters. The molecule has 0 aliphatic carbocycles. The third-order valence-electron chi connectivity index (χ3n) is 5.02. The van der Waals surface area contributed by atoms with Crippen molar-refractivity contribution in [3.8, 4) is 22.5 Å². The molecule has 5 heteroatoms. The van der Waals surface area contributed by atoms with Gasteiger partial charge < -0.3 is 9.42 Å². The first kappa shape index (κ1) is 16.4. The Labute approximate surface area is 162 Å². The van der Waals surface area contributed by atoms with Crippen molar-refractivity contribution in [2.75, 3.05) is 11.4 Å². The van der Waals surface area contributed by atoms with E-state index >= 15 is 0 Å². The van der Waals surface area contributed by atoms with Gasteiger partial charge in [-0.1, -0.05) is 41.6 Å². The molecule has 0 saturated heterocycles. The average molecular weight is 367 g/mol. The Morgan fingerprint density at radius 1 is 0.893 bits per heavy atom. The number of anilines is 1. The SMILES string of the molecule is O=C(c1cc(-c2ccccc2)on1)N1CCc2cc(-c3ccncc3)ccc21. The topological polar surface area (TPSA) is 59.2 Å². The van der Waals surface area contributed by atoms with Crippen LogP contribution in [0.2, 0.25) is 0 Å². The van der Waals surface area contributed by atoms with Gasteiger partial charge in [0.2, 0.25) is 0 Å². The highest BCUT2D eigenvalue weighted by atomic mass is 16.5. The van der Waals surface area contributed by atoms with E-state index in [9.17, 15) is 4.79 Å². The summed E-state index contributed by atoms with van der Waals surface area (Å²) in [5.74, 6) is 0.456. The molecule has 28 heavy (non-hydrogen) atoms. The molecule has 0 fully saturated rings. The van der Waals surface area contributed by atoms with E-state index in [1.807, 2.05) is 54.6 Å². The van der Waals surface area contributed by atoms with Gasteiger partial charge in [0.25, 0.3) is 5.91 Å². The lowest BCUT2D eigenvalue weighted by Crippen LogP contribution is -2.29. The molecule has 3 heterocycles. The molecule has 0 spiro atoms. The van der Waals surface area contributed by atoms with Crippen LogP contribution in [0.1, 0.15) is 16.1 Å². The van der Waals surface area contributed by atoms with Crippen molar-refractivity contribution < 1.29 is 9.32 Å². The lowest BCUT2D eigenvalue weighted by molar-refractivity contribution is 0.0981. The number of benzene rings is 2. The quantitative estimate of drug-likeness (QED) is 0.531. The van der Waals surface area contributed by atoms with Gasteiger partial charge in [-0.05, 0) is 47.4 Å². The van der Waals surface area contributed by atoms with Crippen LogP contribution in [-0.4, -0.2) is 22.6 Å². The minimum Gasteiger partial charge on any atom is -0.355 e. The highest BCUT2D eigenvalue weighted by molar-refractivity contribution is 6.06. The van der Waals surface area contributed by atoms with Gasteiger partial charge in [0, 0.05) is 36.3 Å². The monoisotopic (exact) mass is 367 g/mol. The number of aromatic nitrogens is 2. The van der Waals surface area contributed by atoms with Crippen LogP contribution in [0.15, 0.2) is 83.6 Å². The van der Waals surface area contributed by atoms with E-state index in [-0.39, 0.29) is 5.91 Å². The van der Waals surface area contributed by atoms with E-state index in [2.05, 4.69) is 16.2 Å². The van der Waals surface area contributed by atoms with Crippen molar-refractivity contribution in [1.29, 1.82) is 0 Å². The fourth-order valence-corrected chi connectivity index (χ4v) is 3.59. The predicted octanol–water partition coefficient (Wildman–Crippen LogP) is 4.61. The van der Waals surface area contributed by atoms with Gasteiger partial charge in [0.15, 0.2) is 11.5 Å². The van der Waals surface area contributed by atoms with Crippen molar-refractivity contribution in [3.05, 3.63) is 90.4 Å². The standard InChI is InChI=1S/C23H17N3O2/c27-23(20-15-22(28-25-20)17-4-2-1-3-5-17)26-13-10-19-14-18(6-7-21(19)26)16-8-11-24-12-9-16/h1-9,11-12,14-15H,10,13H2. The van der Waals surface area contributed by atoms with Gasteiger partial charge in [-0.2, -0.15) is 0 Å². The summed E-state index contributed by atoms with van der Waals surface area (Å²) >= 11 is 0. The first-order chi connectivity index (χ1) is 13.8. The van der Waals surface area contributed by atoms with Crippen LogP contribution in [0.25, 0.3) is 22.5 Å². The second-order valence-corrected chi connectivity index (χ2v) is 6.73. The van der Waals surface area contributed by atoms with Crippen molar-refractivity contribution in [1.82, 2.24) is 10.1 Å². The summed E-state index contributed by atoms with van der Waals surface area (Å²) < 4.78 is 5.39. The molecule has 2 aromatic heterocycles. The van der Waals surface area contributed by atoms with Crippen LogP contribution in [0.4, 0.5) is 5.69 Å². The Balaban J connectivity index is 1.42. The molecule has 0 saturated carbocycles. The second-order valence-electron chi connectivity index (χ2n) is 6.73. The Morgan fingerprint density at radius 3 is 2.54 bits per heavy atom. The van der Waals surface area contributed by atoms with Crippen LogP contribution in [0.5, 0.6) is 0 Å². The molecule has 1 aliphatic rings. The smallest absolute Gasteiger partial charge is 0.280 e. The van der Waals surface area contributed by atoms with Crippen LogP contribution in [0, 0.1) is 0 Å². The molecule has 4 aromatic rings. The summed E-state index contributed by atoms with van der Waals surface area (Å²) in [6, 6.07) is 21.5. The Hall–Kier alpha value is -3.73. The van der Waals surface area contributed by atoms with Crippen LogP contribution in [-0.2, 0) is 6.42 Å². The minimum absolute atomic E-state index is 0.138. The molecule has 5 nitrogen and oxygen atoms in total. The lowest BCUT2D eigenvalue weighted by Gasteiger charge is -2.16. The highest BCUT2D eigenvalue weighted by Gasteiger charge is 2.28. The summed E-state index contributed by atoms with van der Waals surface area (Å²) in [7, 11) is 0. The van der Waals surface area contributed by atoms with E-state index in [1.54, 1.807) is 23.4 Å². The van der Waals surface area contributed by atoms with Gasteiger partial charge in [-0.3, -0.25) is 9.78 Å². The Bertz CT molecular complexity index is 1140. The van der Waals surface area contributed by atoms with Crippen molar-refractivity contribution in [2.24, 2.45) is 0 Å². The molecule has 5 rings (SSSR count). The minimum atomic E-state index is -0.138. The zero-order valence-corrected chi connectivity index (χ0v) is 15.1. The molecule has 1 aliphatic heterocycles. The van der Waals surface area contributed by atoms with E-state index in [0.717, 1.165) is 34.4 Å². The number of carbonyl (C=O) groups excluding carboxylic acids is 1. The third kappa shape index (κ3) is 2.87. The van der Waals surface area contributed by atoms with Crippen molar-refractivity contribution >= 4 is 11.6 Å². The maximum atomic E-state index is 13.0. The molecule has 136 valence electrons. The Morgan fingerprint density at radius 2 is 1.71 bits per heavy atom. The number of pyridine rings is 1. The zero-order valence-electron chi connectivity index (χ0n) is 15.1. The number of nitrogens with zero attached hydrogens (tertiary/aromatic N) is 3. The summed E-state index contributed by atoms with van der Waals surface area (Å²) in [5, 5.41) is 4.00. The van der Waals surface area contributed by atoms with E-state index in [4.69, 9.17) is 4.52 Å². The second kappa shape index (κ2) is 6.78. The van der Waals surface area contributed by atoms with Crippen LogP contribution >= 0.6 is 0 Å². The number of amides is 1. The van der Waals surface area contributed by atoms with Gasteiger partial charge in [0.1, 0.15) is 0 Å². The average Bonchev–Trinajstić information content (AvgIpc) is 3.42. The maximum Gasteiger partial charge on any atom is 0.280 e. The maximum absolute atomic E-state index is 13.0. The predicted molar refractivity (Wildman–Crippen MR) is 107 cm³/mol. The number of hydrogen-bond donors (Lipinski definition) is 0. The van der Waals surface area contributed by atoms with E-state index in [0.29, 0.717) is 18.0 Å². The first-order valence-corrected chi connectivity index (χ1v) is 9.17. The van der Waals surface area contributed by atoms with Crippen molar-refractivity contribution in [2.45, 2.75) is 6.42 Å². The molecule has 1 amide bonds. The molecule has 0 N–H and O–H groups in total. The molecular weight excluding hydrogens is 350 g/mol. The van der Waals surface area contributed by atoms with E-state index < -0.39 is 0 Å². The summed E-state index contributed by atoms with van der Waals surface area (Å²) in [5.41, 5.74) is 5.57. The fourth-order valence-electron chi connectivity index (χ4n) is 3.59. The van der Waals surface area contributed by atoms with Crippen LogP contribution < -0.4 is 4.90 Å². The highest BCUT2D eigenvalue weighted by Crippen LogP contribution is 2.33. The molecule has 0 atom stereocenters. The number of rotatable bonds is 3. The lowest BCUT2D eigenvalue weighted by atomic mass is 10.0. The van der Waals surface area contributed by atoms with Gasteiger partial charge in [-0.15, -0.1) is 0 Å². The molecular formula is C23H17N3O2. The van der Waals surface area contributed by atoms with Crippen LogP contribution in [0.3, 0.4) is 0 Å². The summed E-state index contributed by atoms with van der Waals surface area (Å²) in [4.78, 5) is 18.8. The van der Waals surface area contributed by atoms with Gasteiger partial charge in [-0.25, -0.2) is 0 Å². The molecule has 2 aromatic carbocycles. The summed E-state index contributed by atoms with van der Waals surface area (Å²) in [6.45, 7) is 0.640. The molecule has 0 bridgehead atoms. The largest absolute Gasteiger partial charge is 0.355 e. The number of hydrogen-bond acceptors (Lipinski definition) is 4.